The van der Waals surface area contributed by atoms with Gasteiger partial charge in [-0.1, -0.05) is 115 Å². The lowest BCUT2D eigenvalue weighted by atomic mass is 9.76. The minimum absolute atomic E-state index is 0.108. The molecule has 0 aliphatic heterocycles. The van der Waals surface area contributed by atoms with Gasteiger partial charge in [-0.2, -0.15) is 0 Å². The molecule has 0 amide bonds. The Morgan fingerprint density at radius 1 is 0.471 bits per heavy atom. The van der Waals surface area contributed by atoms with E-state index in [0.717, 1.165) is 69.4 Å². The third-order valence-corrected chi connectivity index (χ3v) is 14.5. The van der Waals surface area contributed by atoms with Crippen LogP contribution in [0.15, 0.2) is 261 Å². The summed E-state index contributed by atoms with van der Waals surface area (Å²) in [5.74, 6) is 0.987. The normalized spacial score (nSPS) is 18.9. The highest BCUT2D eigenvalue weighted by Gasteiger charge is 2.34. The van der Waals surface area contributed by atoms with Crippen LogP contribution < -0.4 is 14.7 Å². The minimum atomic E-state index is 0.108. The number of allylic oxidation sites excluding steroid dienone is 11. The average Bonchev–Trinajstić information content (AvgIpc) is 3.75. The molecule has 0 bridgehead atoms. The first-order valence-electron chi connectivity index (χ1n) is 24.3. The summed E-state index contributed by atoms with van der Waals surface area (Å²) in [7, 11) is 0. The zero-order chi connectivity index (χ0) is 46.4. The van der Waals surface area contributed by atoms with Crippen LogP contribution in [0.4, 0.5) is 39.8 Å². The summed E-state index contributed by atoms with van der Waals surface area (Å²) < 4.78 is 2.47. The number of hydrogen-bond acceptors (Lipinski definition) is 6. The molecule has 0 N–H and O–H groups in total. The standard InChI is InChI=1S/C63H49N7/c1-4-16-54-44(10-1)13-7-19-59(54)67(49-30-36-64-37-31-49)47-22-24-48(25-23-47)70-62-42-52(68(50-32-38-65-39-33-50)60-20-8-14-45-11-2-5-17-55(45)60)26-28-57(62)58-29-27-53(43-63(58)70)69(51-34-40-66-41-35-51)61-21-9-15-46-12-3-6-18-56(46)61/h1-14,16,18-43,46,55-56,61H,15,17H2. The van der Waals surface area contributed by atoms with Crippen LogP contribution in [0, 0.1) is 17.8 Å². The van der Waals surface area contributed by atoms with E-state index in [2.05, 4.69) is 247 Å². The first kappa shape index (κ1) is 41.4. The number of pyridine rings is 3. The van der Waals surface area contributed by atoms with Crippen LogP contribution >= 0.6 is 0 Å². The Hall–Kier alpha value is -8.81. The molecule has 7 nitrogen and oxygen atoms in total. The summed E-state index contributed by atoms with van der Waals surface area (Å²) in [5, 5.41) is 4.75. The van der Waals surface area contributed by atoms with Crippen LogP contribution in [0.2, 0.25) is 0 Å². The summed E-state index contributed by atoms with van der Waals surface area (Å²) in [4.78, 5) is 20.6. The number of fused-ring (bicyclic) bond motifs is 6. The highest BCUT2D eigenvalue weighted by atomic mass is 15.2. The smallest absolute Gasteiger partial charge is 0.0590 e. The van der Waals surface area contributed by atoms with Gasteiger partial charge in [-0.25, -0.2) is 0 Å². The third kappa shape index (κ3) is 7.26. The molecular formula is C63H49N7. The molecule has 336 valence electrons. The Bertz CT molecular complexity index is 3630. The number of aromatic nitrogens is 4. The molecule has 7 heteroatoms. The van der Waals surface area contributed by atoms with E-state index in [1.54, 1.807) is 0 Å². The molecule has 9 aromatic rings. The van der Waals surface area contributed by atoms with Gasteiger partial charge in [0.25, 0.3) is 0 Å². The van der Waals surface area contributed by atoms with Crippen LogP contribution in [-0.4, -0.2) is 25.6 Å². The van der Waals surface area contributed by atoms with Gasteiger partial charge in [0.2, 0.25) is 0 Å². The third-order valence-electron chi connectivity index (χ3n) is 14.5. The first-order valence-corrected chi connectivity index (χ1v) is 24.3. The highest BCUT2D eigenvalue weighted by molar-refractivity contribution is 6.11. The fourth-order valence-electron chi connectivity index (χ4n) is 11.3. The zero-order valence-electron chi connectivity index (χ0n) is 38.5. The lowest BCUT2D eigenvalue weighted by Crippen LogP contribution is -2.40. The van der Waals surface area contributed by atoms with Crippen molar-refractivity contribution in [3.63, 3.8) is 0 Å². The SMILES string of the molecule is C1=CCC2C(=C1)C=CC=C2N(c1ccncc1)c1ccc2c3ccc(N(c4ccncc4)C4C=CCC5C=CC=CC54)cc3n(-c3ccc(N(c4ccncc4)c4cccc5ccccc45)cc3)c2c1. The Morgan fingerprint density at radius 3 is 1.89 bits per heavy atom. The van der Waals surface area contributed by atoms with Crippen molar-refractivity contribution >= 4 is 72.4 Å². The summed E-state index contributed by atoms with van der Waals surface area (Å²) >= 11 is 0. The van der Waals surface area contributed by atoms with Crippen molar-refractivity contribution in [2.24, 2.45) is 17.8 Å². The van der Waals surface area contributed by atoms with Crippen molar-refractivity contribution in [3.8, 4) is 5.69 Å². The fourth-order valence-corrected chi connectivity index (χ4v) is 11.3. The van der Waals surface area contributed by atoms with E-state index in [1.165, 1.54) is 32.8 Å². The molecule has 4 aliphatic carbocycles. The van der Waals surface area contributed by atoms with Crippen LogP contribution in [0.25, 0.3) is 38.3 Å². The lowest BCUT2D eigenvalue weighted by molar-refractivity contribution is 0.412. The van der Waals surface area contributed by atoms with Crippen molar-refractivity contribution < 1.29 is 0 Å². The molecule has 0 saturated carbocycles. The summed E-state index contributed by atoms with van der Waals surface area (Å²) in [6.07, 6.45) is 40.7. The molecule has 70 heavy (non-hydrogen) atoms. The van der Waals surface area contributed by atoms with Crippen molar-refractivity contribution in [2.75, 3.05) is 14.7 Å². The molecule has 4 unspecified atom stereocenters. The van der Waals surface area contributed by atoms with E-state index in [0.29, 0.717) is 11.8 Å². The van der Waals surface area contributed by atoms with E-state index in [4.69, 9.17) is 0 Å². The lowest BCUT2D eigenvalue weighted by Gasteiger charge is -2.41. The Kier molecular flexibility index (Phi) is 10.5. The van der Waals surface area contributed by atoms with E-state index in [-0.39, 0.29) is 12.0 Å². The van der Waals surface area contributed by atoms with Crippen molar-refractivity contribution in [1.82, 2.24) is 19.5 Å². The molecule has 4 aromatic heterocycles. The van der Waals surface area contributed by atoms with Crippen LogP contribution in [0.3, 0.4) is 0 Å². The minimum Gasteiger partial charge on any atom is -0.334 e. The van der Waals surface area contributed by atoms with E-state index in [1.807, 2.05) is 37.2 Å². The first-order chi connectivity index (χ1) is 34.7. The molecule has 0 saturated heterocycles. The average molecular weight is 904 g/mol. The van der Waals surface area contributed by atoms with Gasteiger partial charge in [-0.15, -0.1) is 0 Å². The maximum absolute atomic E-state index is 4.45. The predicted octanol–water partition coefficient (Wildman–Crippen LogP) is 15.5. The zero-order valence-corrected chi connectivity index (χ0v) is 38.5. The molecule has 13 rings (SSSR count). The number of anilines is 7. The molecule has 4 aliphatic rings. The molecule has 4 atom stereocenters. The van der Waals surface area contributed by atoms with Crippen LogP contribution in [-0.2, 0) is 0 Å². The molecule has 0 radical (unpaired) electrons. The molecule has 4 heterocycles. The topological polar surface area (TPSA) is 53.3 Å². The number of nitrogens with zero attached hydrogens (tertiary/aromatic N) is 7. The number of rotatable bonds is 10. The monoisotopic (exact) mass is 903 g/mol. The number of hydrogen-bond donors (Lipinski definition) is 0. The Labute approximate surface area is 408 Å². The van der Waals surface area contributed by atoms with Crippen LogP contribution in [0.5, 0.6) is 0 Å². The number of benzene rings is 5. The van der Waals surface area contributed by atoms with Crippen molar-refractivity contribution in [3.05, 3.63) is 261 Å². The quantitative estimate of drug-likeness (QED) is 0.127. The second-order valence-electron chi connectivity index (χ2n) is 18.4. The summed E-state index contributed by atoms with van der Waals surface area (Å²) in [6, 6.07) is 51.0. The molecular weight excluding hydrogens is 855 g/mol. The van der Waals surface area contributed by atoms with Crippen molar-refractivity contribution in [2.45, 2.75) is 18.9 Å². The molecule has 5 aromatic carbocycles. The highest BCUT2D eigenvalue weighted by Crippen LogP contribution is 2.46. The van der Waals surface area contributed by atoms with Gasteiger partial charge in [-0.3, -0.25) is 15.0 Å². The maximum atomic E-state index is 4.45. The van der Waals surface area contributed by atoms with Gasteiger partial charge >= 0.3 is 0 Å². The second kappa shape index (κ2) is 17.7. The summed E-state index contributed by atoms with van der Waals surface area (Å²) in [6.45, 7) is 0. The maximum Gasteiger partial charge on any atom is 0.0590 e. The van der Waals surface area contributed by atoms with Gasteiger partial charge in [0.15, 0.2) is 0 Å². The molecule has 0 spiro atoms. The van der Waals surface area contributed by atoms with Crippen LogP contribution in [0.1, 0.15) is 12.8 Å². The molecule has 0 fully saturated rings. The van der Waals surface area contributed by atoms with E-state index in [9.17, 15) is 0 Å². The summed E-state index contributed by atoms with van der Waals surface area (Å²) in [5.41, 5.74) is 13.5. The Morgan fingerprint density at radius 2 is 1.11 bits per heavy atom. The van der Waals surface area contributed by atoms with Gasteiger partial charge in [0.05, 0.1) is 22.8 Å². The largest absolute Gasteiger partial charge is 0.334 e. The fraction of sp³-hybridized carbons (Fsp3) is 0.0952. The van der Waals surface area contributed by atoms with Gasteiger partial charge in [0, 0.05) is 111 Å². The van der Waals surface area contributed by atoms with E-state index >= 15 is 0 Å². The Balaban J connectivity index is 1.02. The second-order valence-corrected chi connectivity index (χ2v) is 18.4. The van der Waals surface area contributed by atoms with E-state index < -0.39 is 0 Å². The van der Waals surface area contributed by atoms with Crippen molar-refractivity contribution in [1.29, 1.82) is 0 Å². The van der Waals surface area contributed by atoms with Gasteiger partial charge < -0.3 is 19.3 Å². The van der Waals surface area contributed by atoms with Gasteiger partial charge in [-0.05, 0) is 127 Å². The predicted molar refractivity (Wildman–Crippen MR) is 289 cm³/mol. The van der Waals surface area contributed by atoms with Gasteiger partial charge in [0.1, 0.15) is 0 Å².